The molecule has 0 saturated heterocycles. The van der Waals surface area contributed by atoms with Gasteiger partial charge in [-0.3, -0.25) is 4.98 Å². The SMILES string of the molecule is CCOC(=O)c1c(C)nc(C)c(C(=O)OCCO)c1-c1ccccc1OC. The van der Waals surface area contributed by atoms with E-state index in [1.54, 1.807) is 45.0 Å². The molecule has 2 rings (SSSR count). The minimum Gasteiger partial charge on any atom is -0.496 e. The molecule has 144 valence electrons. The van der Waals surface area contributed by atoms with Crippen molar-refractivity contribution in [3.8, 4) is 16.9 Å². The maximum absolute atomic E-state index is 12.7. The summed E-state index contributed by atoms with van der Waals surface area (Å²) in [6.07, 6.45) is 0. The zero-order valence-corrected chi connectivity index (χ0v) is 15.9. The number of carbonyl (C=O) groups excluding carboxylic acids is 2. The number of ether oxygens (including phenoxy) is 3. The van der Waals surface area contributed by atoms with Crippen molar-refractivity contribution in [2.24, 2.45) is 0 Å². The van der Waals surface area contributed by atoms with Crippen molar-refractivity contribution in [2.45, 2.75) is 20.8 Å². The number of esters is 2. The predicted molar refractivity (Wildman–Crippen MR) is 99.0 cm³/mol. The van der Waals surface area contributed by atoms with Gasteiger partial charge in [-0.2, -0.15) is 0 Å². The molecule has 1 N–H and O–H groups in total. The van der Waals surface area contributed by atoms with E-state index in [0.717, 1.165) is 0 Å². The van der Waals surface area contributed by atoms with Crippen LogP contribution in [0.3, 0.4) is 0 Å². The summed E-state index contributed by atoms with van der Waals surface area (Å²) < 4.78 is 15.7. The Labute approximate surface area is 157 Å². The first-order valence-corrected chi connectivity index (χ1v) is 8.55. The molecular weight excluding hydrogens is 350 g/mol. The van der Waals surface area contributed by atoms with Crippen molar-refractivity contribution in [2.75, 3.05) is 26.9 Å². The average molecular weight is 373 g/mol. The fourth-order valence-corrected chi connectivity index (χ4v) is 2.88. The minimum absolute atomic E-state index is 0.140. The fourth-order valence-electron chi connectivity index (χ4n) is 2.88. The third-order valence-corrected chi connectivity index (χ3v) is 3.94. The summed E-state index contributed by atoms with van der Waals surface area (Å²) >= 11 is 0. The highest BCUT2D eigenvalue weighted by Gasteiger charge is 2.29. The van der Waals surface area contributed by atoms with E-state index in [4.69, 9.17) is 19.3 Å². The number of rotatable bonds is 7. The second-order valence-electron chi connectivity index (χ2n) is 5.69. The topological polar surface area (TPSA) is 95.0 Å². The summed E-state index contributed by atoms with van der Waals surface area (Å²) in [5.74, 6) is -0.774. The van der Waals surface area contributed by atoms with Crippen molar-refractivity contribution in [3.05, 3.63) is 46.8 Å². The number of aliphatic hydroxyl groups excluding tert-OH is 1. The molecule has 1 heterocycles. The molecule has 0 aliphatic heterocycles. The summed E-state index contributed by atoms with van der Waals surface area (Å²) in [4.78, 5) is 29.7. The highest BCUT2D eigenvalue weighted by atomic mass is 16.5. The minimum atomic E-state index is -0.680. The Bertz CT molecular complexity index is 847. The summed E-state index contributed by atoms with van der Waals surface area (Å²) in [6.45, 7) is 4.76. The standard InChI is InChI=1S/C20H23NO6/c1-5-26-19(23)16-12(2)21-13(3)17(20(24)27-11-10-22)18(16)14-8-6-7-9-15(14)25-4/h6-9,22H,5,10-11H2,1-4H3. The molecule has 0 amide bonds. The number of aryl methyl sites for hydroxylation is 2. The number of nitrogens with zero attached hydrogens (tertiary/aromatic N) is 1. The Morgan fingerprint density at radius 2 is 1.63 bits per heavy atom. The Balaban J connectivity index is 2.85. The molecule has 0 saturated carbocycles. The quantitative estimate of drug-likeness (QED) is 0.746. The summed E-state index contributed by atoms with van der Waals surface area (Å²) in [5, 5.41) is 8.97. The molecule has 1 aromatic carbocycles. The monoisotopic (exact) mass is 373 g/mol. The maximum Gasteiger partial charge on any atom is 0.340 e. The number of methoxy groups -OCH3 is 1. The highest BCUT2D eigenvalue weighted by molar-refractivity contribution is 6.07. The van der Waals surface area contributed by atoms with Gasteiger partial charge >= 0.3 is 11.9 Å². The van der Waals surface area contributed by atoms with Crippen molar-refractivity contribution in [1.29, 1.82) is 0 Å². The first-order valence-electron chi connectivity index (χ1n) is 8.55. The molecule has 0 radical (unpaired) electrons. The van der Waals surface area contributed by atoms with Gasteiger partial charge in [-0.05, 0) is 26.8 Å². The van der Waals surface area contributed by atoms with Gasteiger partial charge in [-0.25, -0.2) is 9.59 Å². The summed E-state index contributed by atoms with van der Waals surface area (Å²) in [6, 6.07) is 7.05. The Hall–Kier alpha value is -2.93. The van der Waals surface area contributed by atoms with Crippen LogP contribution in [-0.2, 0) is 9.47 Å². The second kappa shape index (κ2) is 9.14. The third kappa shape index (κ3) is 4.25. The number of benzene rings is 1. The Morgan fingerprint density at radius 1 is 1.04 bits per heavy atom. The molecule has 0 aliphatic rings. The molecular formula is C20H23NO6. The van der Waals surface area contributed by atoms with Crippen molar-refractivity contribution < 1.29 is 28.9 Å². The molecule has 0 bridgehead atoms. The van der Waals surface area contributed by atoms with E-state index in [-0.39, 0.29) is 30.9 Å². The molecule has 7 heteroatoms. The first-order chi connectivity index (χ1) is 13.0. The van der Waals surface area contributed by atoms with Crippen LogP contribution in [0.1, 0.15) is 39.0 Å². The Morgan fingerprint density at radius 3 is 2.19 bits per heavy atom. The van der Waals surface area contributed by atoms with Crippen molar-refractivity contribution in [3.63, 3.8) is 0 Å². The number of aliphatic hydroxyl groups is 1. The van der Waals surface area contributed by atoms with Gasteiger partial charge in [0.25, 0.3) is 0 Å². The summed E-state index contributed by atoms with van der Waals surface area (Å²) in [7, 11) is 1.51. The molecule has 1 aromatic heterocycles. The van der Waals surface area contributed by atoms with Gasteiger partial charge in [0.1, 0.15) is 12.4 Å². The average Bonchev–Trinajstić information content (AvgIpc) is 2.65. The molecule has 7 nitrogen and oxygen atoms in total. The molecule has 0 fully saturated rings. The van der Waals surface area contributed by atoms with Crippen LogP contribution in [0.25, 0.3) is 11.1 Å². The van der Waals surface area contributed by atoms with Crippen LogP contribution < -0.4 is 4.74 Å². The number of para-hydroxylation sites is 1. The fraction of sp³-hybridized carbons (Fsp3) is 0.350. The van der Waals surface area contributed by atoms with Crippen LogP contribution in [-0.4, -0.2) is 49.0 Å². The van der Waals surface area contributed by atoms with Gasteiger partial charge in [-0.15, -0.1) is 0 Å². The van der Waals surface area contributed by atoms with Crippen LogP contribution in [0.15, 0.2) is 24.3 Å². The van der Waals surface area contributed by atoms with E-state index in [0.29, 0.717) is 28.3 Å². The van der Waals surface area contributed by atoms with E-state index in [9.17, 15) is 9.59 Å². The van der Waals surface area contributed by atoms with Crippen LogP contribution >= 0.6 is 0 Å². The predicted octanol–water partition coefficient (Wildman–Crippen LogP) is 2.70. The largest absolute Gasteiger partial charge is 0.496 e. The van der Waals surface area contributed by atoms with E-state index < -0.39 is 11.9 Å². The number of aromatic nitrogens is 1. The smallest absolute Gasteiger partial charge is 0.340 e. The lowest BCUT2D eigenvalue weighted by molar-refractivity contribution is 0.0433. The molecule has 0 atom stereocenters. The van der Waals surface area contributed by atoms with Crippen LogP contribution in [0.4, 0.5) is 0 Å². The number of hydrogen-bond donors (Lipinski definition) is 1. The van der Waals surface area contributed by atoms with Crippen molar-refractivity contribution >= 4 is 11.9 Å². The van der Waals surface area contributed by atoms with Gasteiger partial charge in [0.05, 0.1) is 42.8 Å². The maximum atomic E-state index is 12.7. The van der Waals surface area contributed by atoms with Gasteiger partial charge < -0.3 is 19.3 Å². The molecule has 27 heavy (non-hydrogen) atoms. The van der Waals surface area contributed by atoms with Crippen LogP contribution in [0, 0.1) is 13.8 Å². The molecule has 0 spiro atoms. The second-order valence-corrected chi connectivity index (χ2v) is 5.69. The number of carbonyl (C=O) groups is 2. The zero-order chi connectivity index (χ0) is 20.0. The number of pyridine rings is 1. The van der Waals surface area contributed by atoms with Crippen molar-refractivity contribution in [1.82, 2.24) is 4.98 Å². The van der Waals surface area contributed by atoms with E-state index in [1.165, 1.54) is 7.11 Å². The first kappa shape index (κ1) is 20.4. The van der Waals surface area contributed by atoms with Gasteiger partial charge in [0, 0.05) is 11.1 Å². The van der Waals surface area contributed by atoms with E-state index in [2.05, 4.69) is 4.98 Å². The van der Waals surface area contributed by atoms with Crippen LogP contribution in [0.2, 0.25) is 0 Å². The zero-order valence-electron chi connectivity index (χ0n) is 15.9. The molecule has 0 aliphatic carbocycles. The molecule has 2 aromatic rings. The lowest BCUT2D eigenvalue weighted by atomic mass is 9.92. The normalized spacial score (nSPS) is 10.4. The lowest BCUT2D eigenvalue weighted by Crippen LogP contribution is -2.18. The number of hydrogen-bond acceptors (Lipinski definition) is 7. The van der Waals surface area contributed by atoms with Gasteiger partial charge in [-0.1, -0.05) is 18.2 Å². The Kier molecular flexibility index (Phi) is 6.90. The van der Waals surface area contributed by atoms with Gasteiger partial charge in [0.2, 0.25) is 0 Å². The highest BCUT2D eigenvalue weighted by Crippen LogP contribution is 2.37. The van der Waals surface area contributed by atoms with Gasteiger partial charge in [0.15, 0.2) is 0 Å². The third-order valence-electron chi connectivity index (χ3n) is 3.94. The lowest BCUT2D eigenvalue weighted by Gasteiger charge is -2.19. The van der Waals surface area contributed by atoms with E-state index >= 15 is 0 Å². The molecule has 0 unspecified atom stereocenters. The summed E-state index contributed by atoms with van der Waals surface area (Å²) in [5.41, 5.74) is 2.06. The van der Waals surface area contributed by atoms with Crippen LogP contribution in [0.5, 0.6) is 5.75 Å². The van der Waals surface area contributed by atoms with E-state index in [1.807, 2.05) is 0 Å².